The summed E-state index contributed by atoms with van der Waals surface area (Å²) in [5.74, 6) is 0. The molecule has 0 aromatic heterocycles. The summed E-state index contributed by atoms with van der Waals surface area (Å²) in [4.78, 5) is 0. The summed E-state index contributed by atoms with van der Waals surface area (Å²) in [7, 11) is -2.40. The standard InChI is InChI=1S/C33H46O2P/c1-7-10-25-34-33(24-9-3,35-26-11-8-2)36(30-18-12-27(4)13-19-30,31-20-14-28(5)15-21-31)32-22-16-29(6)17-23-32/h12-23H,7-11,24-26H2,1-6H3/q+1. The van der Waals surface area contributed by atoms with Crippen molar-refractivity contribution in [1.82, 2.24) is 0 Å². The van der Waals surface area contributed by atoms with Crippen LogP contribution in [0.5, 0.6) is 0 Å². The van der Waals surface area contributed by atoms with Crippen LogP contribution in [0.15, 0.2) is 72.8 Å². The lowest BCUT2D eigenvalue weighted by atomic mass is 10.2. The van der Waals surface area contributed by atoms with Gasteiger partial charge in [0, 0.05) is 6.42 Å². The van der Waals surface area contributed by atoms with E-state index in [-0.39, 0.29) is 0 Å². The Morgan fingerprint density at radius 1 is 0.528 bits per heavy atom. The van der Waals surface area contributed by atoms with Crippen molar-refractivity contribution < 1.29 is 9.47 Å². The molecule has 3 aromatic carbocycles. The van der Waals surface area contributed by atoms with Crippen LogP contribution in [0.4, 0.5) is 0 Å². The van der Waals surface area contributed by atoms with Gasteiger partial charge in [-0.15, -0.1) is 0 Å². The van der Waals surface area contributed by atoms with E-state index < -0.39 is 12.8 Å². The summed E-state index contributed by atoms with van der Waals surface area (Å²) in [6.07, 6.45) is 6.09. The minimum Gasteiger partial charge on any atom is -0.318 e. The first-order chi connectivity index (χ1) is 17.4. The fourth-order valence-electron chi connectivity index (χ4n) is 4.96. The highest BCUT2D eigenvalue weighted by atomic mass is 31.2. The maximum Gasteiger partial charge on any atom is 0.298 e. The molecule has 3 aromatic rings. The van der Waals surface area contributed by atoms with E-state index in [0.717, 1.165) is 38.5 Å². The number of unbranched alkanes of at least 4 members (excludes halogenated alkanes) is 2. The largest absolute Gasteiger partial charge is 0.318 e. The fourth-order valence-corrected chi connectivity index (χ4v) is 9.95. The first-order valence-corrected chi connectivity index (χ1v) is 15.6. The number of aryl methyl sites for hydroxylation is 3. The predicted octanol–water partition coefficient (Wildman–Crippen LogP) is 7.99. The minimum absolute atomic E-state index is 0.702. The van der Waals surface area contributed by atoms with Crippen molar-refractivity contribution in [2.24, 2.45) is 0 Å². The van der Waals surface area contributed by atoms with Crippen LogP contribution in [-0.2, 0) is 9.47 Å². The zero-order chi connectivity index (χ0) is 26.0. The maximum absolute atomic E-state index is 7.10. The first-order valence-electron chi connectivity index (χ1n) is 13.8. The Kier molecular flexibility index (Phi) is 10.7. The SMILES string of the molecule is CCCCOC(CCC)(OCCCC)[P+](c1ccc(C)cc1)(c1ccc(C)cc1)c1ccc(C)cc1. The summed E-state index contributed by atoms with van der Waals surface area (Å²) in [6.45, 7) is 14.6. The van der Waals surface area contributed by atoms with E-state index in [1.165, 1.54) is 32.6 Å². The zero-order valence-electron chi connectivity index (χ0n) is 23.3. The second-order valence-corrected chi connectivity index (χ2v) is 13.6. The molecule has 3 heteroatoms. The van der Waals surface area contributed by atoms with Crippen molar-refractivity contribution in [2.75, 3.05) is 13.2 Å². The second kappa shape index (κ2) is 13.5. The molecule has 0 fully saturated rings. The van der Waals surface area contributed by atoms with Gasteiger partial charge in [0.2, 0.25) is 0 Å². The summed E-state index contributed by atoms with van der Waals surface area (Å²) >= 11 is 0. The number of ether oxygens (including phenoxy) is 2. The molecule has 0 amide bonds. The Balaban J connectivity index is 2.44. The third kappa shape index (κ3) is 6.10. The van der Waals surface area contributed by atoms with Crippen molar-refractivity contribution in [3.8, 4) is 0 Å². The average molecular weight is 506 g/mol. The van der Waals surface area contributed by atoms with Crippen molar-refractivity contribution >= 4 is 23.2 Å². The van der Waals surface area contributed by atoms with E-state index in [0.29, 0.717) is 13.2 Å². The quantitative estimate of drug-likeness (QED) is 0.126. The topological polar surface area (TPSA) is 18.5 Å². The van der Waals surface area contributed by atoms with Gasteiger partial charge in [0.15, 0.2) is 7.26 Å². The van der Waals surface area contributed by atoms with E-state index in [9.17, 15) is 0 Å². The molecule has 0 bridgehead atoms. The third-order valence-corrected chi connectivity index (χ3v) is 11.7. The molecule has 0 unspecified atom stereocenters. The number of rotatable bonds is 14. The maximum atomic E-state index is 7.10. The van der Waals surface area contributed by atoms with Crippen LogP contribution in [0.3, 0.4) is 0 Å². The second-order valence-electron chi connectivity index (χ2n) is 10.0. The molecule has 0 saturated carbocycles. The Bertz CT molecular complexity index is 918. The summed E-state index contributed by atoms with van der Waals surface area (Å²) in [6, 6.07) is 27.5. The molecule has 36 heavy (non-hydrogen) atoms. The Hall–Kier alpha value is -1.99. The highest BCUT2D eigenvalue weighted by molar-refractivity contribution is 7.96. The molecule has 194 valence electrons. The molecule has 0 radical (unpaired) electrons. The lowest BCUT2D eigenvalue weighted by Crippen LogP contribution is -2.51. The molecule has 0 spiro atoms. The number of benzene rings is 3. The molecule has 0 saturated heterocycles. The highest BCUT2D eigenvalue weighted by Gasteiger charge is 2.65. The molecule has 0 aliphatic carbocycles. The van der Waals surface area contributed by atoms with E-state index in [2.05, 4.69) is 114 Å². The molecule has 0 aliphatic rings. The smallest absolute Gasteiger partial charge is 0.298 e. The van der Waals surface area contributed by atoms with Crippen LogP contribution in [0.25, 0.3) is 0 Å². The molecule has 3 rings (SSSR count). The highest BCUT2D eigenvalue weighted by Crippen LogP contribution is 2.68. The normalized spacial score (nSPS) is 12.2. The van der Waals surface area contributed by atoms with Gasteiger partial charge in [-0.05, 0) is 76.4 Å². The minimum atomic E-state index is -2.40. The van der Waals surface area contributed by atoms with E-state index in [1.54, 1.807) is 0 Å². The molecular weight excluding hydrogens is 459 g/mol. The monoisotopic (exact) mass is 505 g/mol. The van der Waals surface area contributed by atoms with Crippen LogP contribution < -0.4 is 15.9 Å². The van der Waals surface area contributed by atoms with Gasteiger partial charge in [-0.25, -0.2) is 0 Å². The first kappa shape index (κ1) is 28.6. The molecule has 0 heterocycles. The predicted molar refractivity (Wildman–Crippen MR) is 159 cm³/mol. The van der Waals surface area contributed by atoms with Gasteiger partial charge < -0.3 is 9.47 Å². The van der Waals surface area contributed by atoms with Crippen molar-refractivity contribution in [3.63, 3.8) is 0 Å². The lowest BCUT2D eigenvalue weighted by Gasteiger charge is -2.43. The molecule has 0 atom stereocenters. The van der Waals surface area contributed by atoms with E-state index >= 15 is 0 Å². The van der Waals surface area contributed by atoms with Crippen molar-refractivity contribution in [3.05, 3.63) is 89.5 Å². The van der Waals surface area contributed by atoms with Gasteiger partial charge in [0.25, 0.3) is 5.53 Å². The van der Waals surface area contributed by atoms with E-state index in [4.69, 9.17) is 9.47 Å². The zero-order valence-corrected chi connectivity index (χ0v) is 24.2. The molecule has 0 aliphatic heterocycles. The molecule has 2 nitrogen and oxygen atoms in total. The lowest BCUT2D eigenvalue weighted by molar-refractivity contribution is -0.181. The van der Waals surface area contributed by atoms with Crippen LogP contribution in [0.2, 0.25) is 0 Å². The van der Waals surface area contributed by atoms with Crippen LogP contribution in [0.1, 0.15) is 76.0 Å². The Labute approximate surface area is 220 Å². The summed E-state index contributed by atoms with van der Waals surface area (Å²) < 4.78 is 14.2. The van der Waals surface area contributed by atoms with E-state index in [1.807, 2.05) is 0 Å². The van der Waals surface area contributed by atoms with Crippen molar-refractivity contribution in [2.45, 2.75) is 85.6 Å². The average Bonchev–Trinajstić information content (AvgIpc) is 2.88. The van der Waals surface area contributed by atoms with Crippen LogP contribution in [-0.4, -0.2) is 18.7 Å². The molecule has 0 N–H and O–H groups in total. The Morgan fingerprint density at radius 2 is 0.861 bits per heavy atom. The van der Waals surface area contributed by atoms with Crippen molar-refractivity contribution in [1.29, 1.82) is 0 Å². The van der Waals surface area contributed by atoms with Crippen LogP contribution >= 0.6 is 7.26 Å². The summed E-state index contributed by atoms with van der Waals surface area (Å²) in [5, 5.41) is 3.96. The van der Waals surface area contributed by atoms with Gasteiger partial charge in [-0.2, -0.15) is 0 Å². The number of hydrogen-bond acceptors (Lipinski definition) is 2. The van der Waals surface area contributed by atoms with Gasteiger partial charge >= 0.3 is 0 Å². The van der Waals surface area contributed by atoms with Gasteiger partial charge in [-0.1, -0.05) is 86.7 Å². The molecular formula is C33H46O2P+. The summed E-state index contributed by atoms with van der Waals surface area (Å²) in [5.41, 5.74) is 3.07. The van der Waals surface area contributed by atoms with Gasteiger partial charge in [-0.3, -0.25) is 0 Å². The number of hydrogen-bond donors (Lipinski definition) is 0. The van der Waals surface area contributed by atoms with Gasteiger partial charge in [0.05, 0.1) is 13.2 Å². The van der Waals surface area contributed by atoms with Gasteiger partial charge in [0.1, 0.15) is 15.9 Å². The Morgan fingerprint density at radius 3 is 1.14 bits per heavy atom. The fraction of sp³-hybridized carbons (Fsp3) is 0.455. The third-order valence-electron chi connectivity index (χ3n) is 6.99. The van der Waals surface area contributed by atoms with Crippen LogP contribution in [0, 0.1) is 20.8 Å².